The lowest BCUT2D eigenvalue weighted by atomic mass is 10.0. The number of hydrogen-bond donors (Lipinski definition) is 2. The lowest BCUT2D eigenvalue weighted by molar-refractivity contribution is 0.215. The number of nitrogens with two attached hydrogens (primary N) is 1. The van der Waals surface area contributed by atoms with Crippen LogP contribution < -0.4 is 5.73 Å². The van der Waals surface area contributed by atoms with Crippen LogP contribution in [0.2, 0.25) is 0 Å². The van der Waals surface area contributed by atoms with Crippen LogP contribution in [0.1, 0.15) is 22.9 Å². The molecule has 0 fully saturated rings. The molecule has 1 aromatic heterocycles. The van der Waals surface area contributed by atoms with Crippen LogP contribution in [-0.4, -0.2) is 10.1 Å². The van der Waals surface area contributed by atoms with Gasteiger partial charge in [0.15, 0.2) is 0 Å². The molecule has 0 aliphatic heterocycles. The molecule has 0 aliphatic rings. The van der Waals surface area contributed by atoms with E-state index in [0.29, 0.717) is 11.4 Å². The van der Waals surface area contributed by atoms with Gasteiger partial charge in [-0.25, -0.2) is 0 Å². The molecule has 2 rings (SSSR count). The molecule has 1 heterocycles. The fraction of sp³-hybridized carbons (Fsp3) is 0.154. The Hall–Kier alpha value is -1.87. The SMILES string of the molecule is Cc1ccc([C@H](O)c2ccccn2)cc1N. The number of benzene rings is 1. The van der Waals surface area contributed by atoms with Crippen LogP contribution >= 0.6 is 0 Å². The highest BCUT2D eigenvalue weighted by molar-refractivity contribution is 5.49. The van der Waals surface area contributed by atoms with Gasteiger partial charge in [0.1, 0.15) is 6.10 Å². The maximum Gasteiger partial charge on any atom is 0.121 e. The van der Waals surface area contributed by atoms with Crippen molar-refractivity contribution in [2.45, 2.75) is 13.0 Å². The highest BCUT2D eigenvalue weighted by atomic mass is 16.3. The molecule has 0 radical (unpaired) electrons. The molecule has 16 heavy (non-hydrogen) atoms. The minimum absolute atomic E-state index is 0.630. The Morgan fingerprint density at radius 2 is 2.06 bits per heavy atom. The molecule has 0 unspecified atom stereocenters. The molecule has 0 saturated heterocycles. The van der Waals surface area contributed by atoms with Crippen molar-refractivity contribution in [3.05, 3.63) is 59.4 Å². The first-order chi connectivity index (χ1) is 7.68. The Bertz CT molecular complexity index is 483. The Morgan fingerprint density at radius 3 is 2.69 bits per heavy atom. The molecular weight excluding hydrogens is 200 g/mol. The van der Waals surface area contributed by atoms with Crippen LogP contribution in [0, 0.1) is 6.92 Å². The monoisotopic (exact) mass is 214 g/mol. The van der Waals surface area contributed by atoms with Gasteiger partial charge in [0.25, 0.3) is 0 Å². The van der Waals surface area contributed by atoms with Gasteiger partial charge in [-0.1, -0.05) is 18.2 Å². The van der Waals surface area contributed by atoms with E-state index in [1.165, 1.54) is 0 Å². The third-order valence-electron chi connectivity index (χ3n) is 2.59. The molecule has 1 aromatic carbocycles. The third-order valence-corrected chi connectivity index (χ3v) is 2.59. The average Bonchev–Trinajstić information content (AvgIpc) is 2.33. The summed E-state index contributed by atoms with van der Waals surface area (Å²) in [6.07, 6.45) is 0.944. The van der Waals surface area contributed by atoms with Crippen molar-refractivity contribution < 1.29 is 5.11 Å². The molecule has 3 nitrogen and oxygen atoms in total. The van der Waals surface area contributed by atoms with E-state index >= 15 is 0 Å². The topological polar surface area (TPSA) is 59.1 Å². The van der Waals surface area contributed by atoms with Gasteiger partial charge in [0, 0.05) is 11.9 Å². The van der Waals surface area contributed by atoms with Crippen LogP contribution in [-0.2, 0) is 0 Å². The predicted octanol–water partition coefficient (Wildman–Crippen LogP) is 2.05. The summed E-state index contributed by atoms with van der Waals surface area (Å²) in [7, 11) is 0. The second-order valence-corrected chi connectivity index (χ2v) is 3.77. The van der Waals surface area contributed by atoms with Gasteiger partial charge in [0.2, 0.25) is 0 Å². The van der Waals surface area contributed by atoms with Crippen LogP contribution in [0.5, 0.6) is 0 Å². The van der Waals surface area contributed by atoms with E-state index in [-0.39, 0.29) is 0 Å². The summed E-state index contributed by atoms with van der Waals surface area (Å²) in [4.78, 5) is 4.12. The third kappa shape index (κ3) is 2.04. The van der Waals surface area contributed by atoms with Gasteiger partial charge in [-0.15, -0.1) is 0 Å². The van der Waals surface area contributed by atoms with Crippen molar-refractivity contribution in [1.82, 2.24) is 4.98 Å². The first kappa shape index (κ1) is 10.6. The summed E-state index contributed by atoms with van der Waals surface area (Å²) < 4.78 is 0. The van der Waals surface area contributed by atoms with Crippen molar-refractivity contribution in [3.63, 3.8) is 0 Å². The highest BCUT2D eigenvalue weighted by Gasteiger charge is 2.11. The summed E-state index contributed by atoms with van der Waals surface area (Å²) in [6.45, 7) is 1.94. The van der Waals surface area contributed by atoms with Crippen molar-refractivity contribution in [2.24, 2.45) is 0 Å². The van der Waals surface area contributed by atoms with Gasteiger partial charge in [-0.05, 0) is 36.2 Å². The number of pyridine rings is 1. The second kappa shape index (κ2) is 4.33. The quantitative estimate of drug-likeness (QED) is 0.752. The molecule has 0 saturated carbocycles. The van der Waals surface area contributed by atoms with E-state index in [2.05, 4.69) is 4.98 Å². The largest absolute Gasteiger partial charge is 0.399 e. The molecule has 0 spiro atoms. The fourth-order valence-corrected chi connectivity index (χ4v) is 1.54. The lowest BCUT2D eigenvalue weighted by Crippen LogP contribution is -2.03. The van der Waals surface area contributed by atoms with Gasteiger partial charge in [-0.2, -0.15) is 0 Å². The standard InChI is InChI=1S/C13H14N2O/c1-9-5-6-10(8-11(9)14)13(16)12-4-2-3-7-15-12/h2-8,13,16H,14H2,1H3/t13-/m0/s1. The number of aryl methyl sites for hydroxylation is 1. The smallest absolute Gasteiger partial charge is 0.121 e. The number of nitrogen functional groups attached to an aromatic ring is 1. The minimum Gasteiger partial charge on any atom is -0.399 e. The van der Waals surface area contributed by atoms with E-state index in [0.717, 1.165) is 11.1 Å². The van der Waals surface area contributed by atoms with Crippen LogP contribution in [0.4, 0.5) is 5.69 Å². The summed E-state index contributed by atoms with van der Waals surface area (Å²) in [6, 6.07) is 11.0. The summed E-state index contributed by atoms with van der Waals surface area (Å²) in [5, 5.41) is 10.1. The van der Waals surface area contributed by atoms with E-state index in [1.807, 2.05) is 31.2 Å². The molecular formula is C13H14N2O. The number of nitrogens with zero attached hydrogens (tertiary/aromatic N) is 1. The van der Waals surface area contributed by atoms with E-state index in [1.54, 1.807) is 18.3 Å². The number of aromatic nitrogens is 1. The summed E-state index contributed by atoms with van der Waals surface area (Å²) in [5.41, 5.74) is 8.90. The zero-order chi connectivity index (χ0) is 11.5. The Balaban J connectivity index is 2.34. The molecule has 1 atom stereocenters. The number of aliphatic hydroxyl groups is 1. The Labute approximate surface area is 94.6 Å². The van der Waals surface area contributed by atoms with Gasteiger partial charge in [-0.3, -0.25) is 4.98 Å². The Kier molecular flexibility index (Phi) is 2.88. The number of aliphatic hydroxyl groups excluding tert-OH is 1. The zero-order valence-electron chi connectivity index (χ0n) is 9.09. The number of anilines is 1. The molecule has 82 valence electrons. The van der Waals surface area contributed by atoms with Crippen LogP contribution in [0.25, 0.3) is 0 Å². The normalized spacial score (nSPS) is 12.4. The summed E-state index contributed by atoms with van der Waals surface area (Å²) >= 11 is 0. The van der Waals surface area contributed by atoms with Crippen molar-refractivity contribution in [1.29, 1.82) is 0 Å². The lowest BCUT2D eigenvalue weighted by Gasteiger charge is -2.11. The van der Waals surface area contributed by atoms with Crippen LogP contribution in [0.3, 0.4) is 0 Å². The van der Waals surface area contributed by atoms with Crippen molar-refractivity contribution in [2.75, 3.05) is 5.73 Å². The summed E-state index contributed by atoms with van der Waals surface area (Å²) in [5.74, 6) is 0. The minimum atomic E-state index is -0.718. The first-order valence-corrected chi connectivity index (χ1v) is 5.13. The van der Waals surface area contributed by atoms with Crippen molar-refractivity contribution in [3.8, 4) is 0 Å². The first-order valence-electron chi connectivity index (χ1n) is 5.13. The van der Waals surface area contributed by atoms with Gasteiger partial charge < -0.3 is 10.8 Å². The van der Waals surface area contributed by atoms with Crippen LogP contribution in [0.15, 0.2) is 42.6 Å². The number of rotatable bonds is 2. The second-order valence-electron chi connectivity index (χ2n) is 3.77. The van der Waals surface area contributed by atoms with E-state index in [9.17, 15) is 5.11 Å². The molecule has 0 aliphatic carbocycles. The average molecular weight is 214 g/mol. The van der Waals surface area contributed by atoms with Gasteiger partial charge >= 0.3 is 0 Å². The molecule has 2 aromatic rings. The fourth-order valence-electron chi connectivity index (χ4n) is 1.54. The molecule has 3 N–H and O–H groups in total. The maximum atomic E-state index is 10.1. The Morgan fingerprint density at radius 1 is 1.25 bits per heavy atom. The van der Waals surface area contributed by atoms with E-state index in [4.69, 9.17) is 5.73 Å². The molecule has 3 heteroatoms. The maximum absolute atomic E-state index is 10.1. The highest BCUT2D eigenvalue weighted by Crippen LogP contribution is 2.23. The van der Waals surface area contributed by atoms with Crippen molar-refractivity contribution >= 4 is 5.69 Å². The molecule has 0 amide bonds. The zero-order valence-corrected chi connectivity index (χ0v) is 9.09. The van der Waals surface area contributed by atoms with E-state index < -0.39 is 6.10 Å². The molecule has 0 bridgehead atoms. The number of hydrogen-bond acceptors (Lipinski definition) is 3. The van der Waals surface area contributed by atoms with Gasteiger partial charge in [0.05, 0.1) is 5.69 Å². The predicted molar refractivity (Wildman–Crippen MR) is 63.9 cm³/mol.